The Bertz CT molecular complexity index is 235. The van der Waals surface area contributed by atoms with Crippen LogP contribution in [-0.2, 0) is 4.79 Å². The van der Waals surface area contributed by atoms with Gasteiger partial charge in [0.1, 0.15) is 0 Å². The van der Waals surface area contributed by atoms with E-state index in [4.69, 9.17) is 0 Å². The minimum absolute atomic E-state index is 0.00443. The summed E-state index contributed by atoms with van der Waals surface area (Å²) in [5.41, 5.74) is 0. The summed E-state index contributed by atoms with van der Waals surface area (Å²) in [6, 6.07) is -0.161. The molecule has 2 heterocycles. The lowest BCUT2D eigenvalue weighted by Crippen LogP contribution is -2.47. The van der Waals surface area contributed by atoms with Gasteiger partial charge in [-0.1, -0.05) is 0 Å². The molecule has 0 aromatic rings. The van der Waals surface area contributed by atoms with Crippen LogP contribution >= 0.6 is 0 Å². The number of carbonyl (C=O) groups excluding carboxylic acids is 1. The maximum Gasteiger partial charge on any atom is 0.250 e. The van der Waals surface area contributed by atoms with Crippen LogP contribution < -0.4 is 5.32 Å². The van der Waals surface area contributed by atoms with Gasteiger partial charge in [-0.15, -0.1) is 0 Å². The Morgan fingerprint density at radius 1 is 1.36 bits per heavy atom. The van der Waals surface area contributed by atoms with Crippen LogP contribution in [-0.4, -0.2) is 42.4 Å². The van der Waals surface area contributed by atoms with Crippen LogP contribution in [0.2, 0.25) is 0 Å². The van der Waals surface area contributed by atoms with Gasteiger partial charge in [0, 0.05) is 32.5 Å². The van der Waals surface area contributed by atoms with E-state index in [-0.39, 0.29) is 24.8 Å². The molecule has 0 aromatic carbocycles. The number of hydrogen-bond acceptors (Lipinski definition) is 2. The van der Waals surface area contributed by atoms with Gasteiger partial charge in [-0.3, -0.25) is 9.69 Å². The van der Waals surface area contributed by atoms with Crippen molar-refractivity contribution in [1.82, 2.24) is 10.2 Å². The number of halogens is 2. The van der Waals surface area contributed by atoms with Crippen molar-refractivity contribution in [3.63, 3.8) is 0 Å². The van der Waals surface area contributed by atoms with Gasteiger partial charge in [-0.05, 0) is 6.42 Å². The van der Waals surface area contributed by atoms with Crippen LogP contribution in [0, 0.1) is 0 Å². The Labute approximate surface area is 81.4 Å². The maximum absolute atomic E-state index is 12.8. The molecule has 0 aliphatic carbocycles. The maximum atomic E-state index is 12.8. The zero-order valence-corrected chi connectivity index (χ0v) is 7.93. The highest BCUT2D eigenvalue weighted by Crippen LogP contribution is 2.29. The highest BCUT2D eigenvalue weighted by Gasteiger charge is 2.39. The third-order valence-corrected chi connectivity index (χ3v) is 2.99. The first-order valence-corrected chi connectivity index (χ1v) is 4.98. The molecule has 3 nitrogen and oxygen atoms in total. The number of alkyl halides is 2. The molecular weight excluding hydrogens is 190 g/mol. The van der Waals surface area contributed by atoms with Crippen LogP contribution in [0.3, 0.4) is 0 Å². The van der Waals surface area contributed by atoms with Gasteiger partial charge < -0.3 is 5.32 Å². The molecule has 5 heteroatoms. The van der Waals surface area contributed by atoms with Gasteiger partial charge in [-0.2, -0.15) is 0 Å². The minimum atomic E-state index is -2.52. The molecule has 1 atom stereocenters. The number of likely N-dealkylation sites (tertiary alicyclic amines) is 1. The number of rotatable bonds is 1. The van der Waals surface area contributed by atoms with E-state index in [1.165, 1.54) is 0 Å². The van der Waals surface area contributed by atoms with Gasteiger partial charge in [0.25, 0.3) is 5.92 Å². The van der Waals surface area contributed by atoms with E-state index in [1.54, 1.807) is 0 Å². The van der Waals surface area contributed by atoms with Crippen molar-refractivity contribution in [3.8, 4) is 0 Å². The first kappa shape index (κ1) is 9.83. The smallest absolute Gasteiger partial charge is 0.250 e. The molecular formula is C9H14F2N2O. The number of nitrogens with one attached hydrogen (secondary N) is 1. The van der Waals surface area contributed by atoms with Crippen molar-refractivity contribution in [3.05, 3.63) is 0 Å². The third-order valence-electron chi connectivity index (χ3n) is 2.99. The second kappa shape index (κ2) is 3.46. The fourth-order valence-corrected chi connectivity index (χ4v) is 2.09. The van der Waals surface area contributed by atoms with E-state index in [0.29, 0.717) is 19.6 Å². The van der Waals surface area contributed by atoms with Crippen molar-refractivity contribution in [2.24, 2.45) is 0 Å². The van der Waals surface area contributed by atoms with Gasteiger partial charge >= 0.3 is 0 Å². The number of amides is 1. The topological polar surface area (TPSA) is 32.3 Å². The van der Waals surface area contributed by atoms with Gasteiger partial charge in [0.05, 0.1) is 6.04 Å². The molecule has 1 N–H and O–H groups in total. The number of hydrogen-bond donors (Lipinski definition) is 1. The van der Waals surface area contributed by atoms with Crippen LogP contribution in [0.4, 0.5) is 8.78 Å². The van der Waals surface area contributed by atoms with Gasteiger partial charge in [0.15, 0.2) is 0 Å². The van der Waals surface area contributed by atoms with Crippen molar-refractivity contribution in [2.45, 2.75) is 31.2 Å². The standard InChI is InChI=1S/C9H14F2N2O/c10-9(11)2-5-13(6-3-9)7-1-4-12-8(7)14/h7H,1-6H2,(H,12,14). The zero-order valence-electron chi connectivity index (χ0n) is 7.93. The molecule has 0 bridgehead atoms. The second-order valence-electron chi connectivity index (χ2n) is 3.99. The summed E-state index contributed by atoms with van der Waals surface area (Å²) in [5, 5.41) is 2.72. The Hall–Kier alpha value is -0.710. The predicted molar refractivity (Wildman–Crippen MR) is 47.2 cm³/mol. The van der Waals surface area contributed by atoms with E-state index in [9.17, 15) is 13.6 Å². The van der Waals surface area contributed by atoms with E-state index in [2.05, 4.69) is 5.32 Å². The summed E-state index contributed by atoms with van der Waals surface area (Å²) in [6.45, 7) is 1.35. The Morgan fingerprint density at radius 2 is 2.00 bits per heavy atom. The second-order valence-corrected chi connectivity index (χ2v) is 3.99. The average molecular weight is 204 g/mol. The third kappa shape index (κ3) is 1.87. The molecule has 80 valence electrons. The Kier molecular flexibility index (Phi) is 2.43. The quantitative estimate of drug-likeness (QED) is 0.678. The van der Waals surface area contributed by atoms with Crippen molar-refractivity contribution < 1.29 is 13.6 Å². The van der Waals surface area contributed by atoms with Crippen LogP contribution in [0.15, 0.2) is 0 Å². The summed E-state index contributed by atoms with van der Waals surface area (Å²) in [6.07, 6.45) is 0.526. The monoisotopic (exact) mass is 204 g/mol. The van der Waals surface area contributed by atoms with E-state index < -0.39 is 5.92 Å². The molecule has 2 aliphatic rings. The van der Waals surface area contributed by atoms with E-state index in [0.717, 1.165) is 6.42 Å². The van der Waals surface area contributed by atoms with Crippen molar-refractivity contribution in [1.29, 1.82) is 0 Å². The molecule has 0 radical (unpaired) electrons. The Morgan fingerprint density at radius 3 is 2.50 bits per heavy atom. The number of nitrogens with zero attached hydrogens (tertiary/aromatic N) is 1. The SMILES string of the molecule is O=C1NCCC1N1CCC(F)(F)CC1. The lowest BCUT2D eigenvalue weighted by atomic mass is 10.0. The first-order chi connectivity index (χ1) is 6.58. The lowest BCUT2D eigenvalue weighted by Gasteiger charge is -2.34. The minimum Gasteiger partial charge on any atom is -0.355 e. The largest absolute Gasteiger partial charge is 0.355 e. The molecule has 1 unspecified atom stereocenters. The summed E-state index contributed by atoms with van der Waals surface area (Å²) in [4.78, 5) is 13.2. The summed E-state index contributed by atoms with van der Waals surface area (Å²) < 4.78 is 25.7. The molecule has 2 aliphatic heterocycles. The summed E-state index contributed by atoms with van der Waals surface area (Å²) >= 11 is 0. The van der Waals surface area contributed by atoms with Crippen LogP contribution in [0.1, 0.15) is 19.3 Å². The molecule has 0 saturated carbocycles. The zero-order chi connectivity index (χ0) is 10.2. The number of carbonyl (C=O) groups is 1. The van der Waals surface area contributed by atoms with E-state index in [1.807, 2.05) is 4.90 Å². The van der Waals surface area contributed by atoms with Gasteiger partial charge in [-0.25, -0.2) is 8.78 Å². The first-order valence-electron chi connectivity index (χ1n) is 4.98. The average Bonchev–Trinajstić information content (AvgIpc) is 2.52. The predicted octanol–water partition coefficient (Wildman–Crippen LogP) is 0.606. The van der Waals surface area contributed by atoms with Crippen molar-refractivity contribution in [2.75, 3.05) is 19.6 Å². The lowest BCUT2D eigenvalue weighted by molar-refractivity contribution is -0.126. The fraction of sp³-hybridized carbons (Fsp3) is 0.889. The summed E-state index contributed by atoms with van der Waals surface area (Å²) in [7, 11) is 0. The molecule has 2 saturated heterocycles. The highest BCUT2D eigenvalue weighted by molar-refractivity contribution is 5.83. The molecule has 0 spiro atoms. The summed E-state index contributed by atoms with van der Waals surface area (Å²) in [5.74, 6) is -2.53. The normalized spacial score (nSPS) is 33.0. The highest BCUT2D eigenvalue weighted by atomic mass is 19.3. The molecule has 14 heavy (non-hydrogen) atoms. The molecule has 1 amide bonds. The van der Waals surface area contributed by atoms with Crippen molar-refractivity contribution >= 4 is 5.91 Å². The van der Waals surface area contributed by atoms with E-state index >= 15 is 0 Å². The van der Waals surface area contributed by atoms with Gasteiger partial charge in [0.2, 0.25) is 5.91 Å². The molecule has 2 fully saturated rings. The Balaban J connectivity index is 1.92. The van der Waals surface area contributed by atoms with Crippen LogP contribution in [0.25, 0.3) is 0 Å². The fourth-order valence-electron chi connectivity index (χ4n) is 2.09. The van der Waals surface area contributed by atoms with Crippen LogP contribution in [0.5, 0.6) is 0 Å². The molecule has 0 aromatic heterocycles. The molecule has 2 rings (SSSR count). The number of piperidine rings is 1.